The Kier molecular flexibility index (Phi) is 13.2. The van der Waals surface area contributed by atoms with Crippen LogP contribution in [-0.4, -0.2) is 76.5 Å². The second-order valence-electron chi connectivity index (χ2n) is 9.29. The van der Waals surface area contributed by atoms with Crippen LogP contribution in [0.1, 0.15) is 38.7 Å². The first-order chi connectivity index (χ1) is 18.2. The standard InChI is InChI=1S/C24H38N8O7/c1-12(2)19(22(37)30-16(23(38)39)4-3-9-29-24(27)28)32-21(36)17(10-13-5-7-14(33)8-6-13)31-20(35)15(25)11-18(26)34/h5-8,12,15-17,19,33H,3-4,9-11,25H2,1-2H3,(H2,26,34)(H,30,37)(H,31,35)(H,32,36)(H,38,39)(H4,27,28,29). The van der Waals surface area contributed by atoms with Crippen LogP contribution in [0.25, 0.3) is 0 Å². The van der Waals surface area contributed by atoms with Crippen LogP contribution in [0.2, 0.25) is 0 Å². The highest BCUT2D eigenvalue weighted by molar-refractivity contribution is 5.95. The Bertz CT molecular complexity index is 1040. The number of rotatable bonds is 16. The Balaban J connectivity index is 3.06. The van der Waals surface area contributed by atoms with Gasteiger partial charge in [-0.1, -0.05) is 26.0 Å². The highest BCUT2D eigenvalue weighted by Crippen LogP contribution is 2.13. The summed E-state index contributed by atoms with van der Waals surface area (Å²) in [5.41, 5.74) is 21.9. The van der Waals surface area contributed by atoms with Crippen LogP contribution in [0, 0.1) is 5.92 Å². The van der Waals surface area contributed by atoms with Gasteiger partial charge in [-0.15, -0.1) is 0 Å². The minimum absolute atomic E-state index is 0.00454. The molecule has 0 aliphatic rings. The number of aliphatic carboxylic acids is 1. The quantitative estimate of drug-likeness (QED) is 0.0587. The fourth-order valence-corrected chi connectivity index (χ4v) is 3.48. The molecule has 4 amide bonds. The Morgan fingerprint density at radius 2 is 1.49 bits per heavy atom. The van der Waals surface area contributed by atoms with E-state index in [9.17, 15) is 34.2 Å². The Morgan fingerprint density at radius 3 is 2.00 bits per heavy atom. The zero-order valence-electron chi connectivity index (χ0n) is 21.9. The van der Waals surface area contributed by atoms with Crippen LogP contribution in [0.15, 0.2) is 29.3 Å². The number of primary amides is 1. The lowest BCUT2D eigenvalue weighted by atomic mass is 10.00. The van der Waals surface area contributed by atoms with Crippen molar-refractivity contribution in [1.82, 2.24) is 16.0 Å². The maximum absolute atomic E-state index is 13.3. The lowest BCUT2D eigenvalue weighted by molar-refractivity contribution is -0.142. The zero-order valence-corrected chi connectivity index (χ0v) is 21.9. The van der Waals surface area contributed by atoms with Crippen molar-refractivity contribution in [2.75, 3.05) is 6.54 Å². The molecule has 0 spiro atoms. The van der Waals surface area contributed by atoms with Gasteiger partial charge < -0.3 is 49.1 Å². The third-order valence-corrected chi connectivity index (χ3v) is 5.57. The van der Waals surface area contributed by atoms with Gasteiger partial charge in [0, 0.05) is 13.0 Å². The van der Waals surface area contributed by atoms with E-state index in [1.165, 1.54) is 24.3 Å². The molecule has 4 atom stereocenters. The first-order valence-electron chi connectivity index (χ1n) is 12.2. The first kappa shape index (κ1) is 32.6. The van der Waals surface area contributed by atoms with E-state index in [4.69, 9.17) is 22.9 Å². The summed E-state index contributed by atoms with van der Waals surface area (Å²) in [6, 6.07) is 0.916. The van der Waals surface area contributed by atoms with Crippen molar-refractivity contribution in [3.8, 4) is 5.75 Å². The molecule has 4 unspecified atom stereocenters. The molecule has 0 aromatic heterocycles. The van der Waals surface area contributed by atoms with E-state index in [1.807, 2.05) is 0 Å². The van der Waals surface area contributed by atoms with Crippen LogP contribution in [0.4, 0.5) is 0 Å². The van der Waals surface area contributed by atoms with Crippen molar-refractivity contribution < 1.29 is 34.2 Å². The number of carboxylic acid groups (broad SMARTS) is 1. The van der Waals surface area contributed by atoms with Crippen LogP contribution in [0.3, 0.4) is 0 Å². The van der Waals surface area contributed by atoms with Crippen molar-refractivity contribution in [2.24, 2.45) is 33.8 Å². The van der Waals surface area contributed by atoms with E-state index < -0.39 is 66.1 Å². The van der Waals surface area contributed by atoms with E-state index >= 15 is 0 Å². The molecule has 0 radical (unpaired) electrons. The Morgan fingerprint density at radius 1 is 0.897 bits per heavy atom. The molecule has 15 heteroatoms. The Hall–Kier alpha value is -4.40. The topological polar surface area (TPSA) is 278 Å². The molecule has 1 rings (SSSR count). The van der Waals surface area contributed by atoms with Gasteiger partial charge in [0.1, 0.15) is 23.9 Å². The molecular formula is C24H38N8O7. The predicted molar refractivity (Wildman–Crippen MR) is 142 cm³/mol. The lowest BCUT2D eigenvalue weighted by Gasteiger charge is -2.27. The number of aromatic hydroxyl groups is 1. The third-order valence-electron chi connectivity index (χ3n) is 5.57. The summed E-state index contributed by atoms with van der Waals surface area (Å²) < 4.78 is 0. The maximum Gasteiger partial charge on any atom is 0.326 e. The van der Waals surface area contributed by atoms with Gasteiger partial charge in [0.2, 0.25) is 23.6 Å². The largest absolute Gasteiger partial charge is 0.508 e. The van der Waals surface area contributed by atoms with E-state index in [1.54, 1.807) is 13.8 Å². The molecule has 0 saturated carbocycles. The number of nitrogens with two attached hydrogens (primary N) is 4. The average Bonchev–Trinajstić information content (AvgIpc) is 2.83. The summed E-state index contributed by atoms with van der Waals surface area (Å²) in [4.78, 5) is 65.4. The number of aliphatic imine (C=N–C) groups is 1. The number of benzene rings is 1. The number of nitrogens with zero attached hydrogens (tertiary/aromatic N) is 1. The van der Waals surface area contributed by atoms with Gasteiger partial charge in [-0.3, -0.25) is 24.2 Å². The molecule has 0 saturated heterocycles. The van der Waals surface area contributed by atoms with E-state index in [0.717, 1.165) is 0 Å². The van der Waals surface area contributed by atoms with Crippen molar-refractivity contribution in [2.45, 2.75) is 63.7 Å². The van der Waals surface area contributed by atoms with Gasteiger partial charge in [-0.25, -0.2) is 4.79 Å². The van der Waals surface area contributed by atoms with E-state index in [-0.39, 0.29) is 37.5 Å². The first-order valence-corrected chi connectivity index (χ1v) is 12.2. The fourth-order valence-electron chi connectivity index (χ4n) is 3.48. The summed E-state index contributed by atoms with van der Waals surface area (Å²) in [7, 11) is 0. The summed E-state index contributed by atoms with van der Waals surface area (Å²) in [5, 5.41) is 26.5. The summed E-state index contributed by atoms with van der Waals surface area (Å²) in [6.07, 6.45) is -0.180. The van der Waals surface area contributed by atoms with Crippen LogP contribution >= 0.6 is 0 Å². The van der Waals surface area contributed by atoms with Crippen molar-refractivity contribution in [3.63, 3.8) is 0 Å². The molecule has 216 valence electrons. The van der Waals surface area contributed by atoms with Crippen molar-refractivity contribution in [1.29, 1.82) is 0 Å². The van der Waals surface area contributed by atoms with E-state index in [0.29, 0.717) is 5.56 Å². The number of amides is 4. The minimum Gasteiger partial charge on any atom is -0.508 e. The number of nitrogens with one attached hydrogen (secondary N) is 3. The number of guanidine groups is 1. The Labute approximate surface area is 225 Å². The molecule has 0 heterocycles. The average molecular weight is 551 g/mol. The number of carbonyl (C=O) groups excluding carboxylic acids is 4. The lowest BCUT2D eigenvalue weighted by Crippen LogP contribution is -2.59. The predicted octanol–water partition coefficient (Wildman–Crippen LogP) is -2.61. The summed E-state index contributed by atoms with van der Waals surface area (Å²) >= 11 is 0. The van der Waals surface area contributed by atoms with Gasteiger partial charge >= 0.3 is 5.97 Å². The van der Waals surface area contributed by atoms with E-state index in [2.05, 4.69) is 20.9 Å². The number of hydrogen-bond acceptors (Lipinski definition) is 8. The maximum atomic E-state index is 13.3. The molecule has 39 heavy (non-hydrogen) atoms. The number of phenolic OH excluding ortho intramolecular Hbond substituents is 1. The van der Waals surface area contributed by atoms with Gasteiger partial charge in [-0.05, 0) is 36.5 Å². The second kappa shape index (κ2) is 15.8. The number of carbonyl (C=O) groups is 5. The molecule has 1 aromatic rings. The smallest absolute Gasteiger partial charge is 0.326 e. The third kappa shape index (κ3) is 12.1. The van der Waals surface area contributed by atoms with Crippen molar-refractivity contribution >= 4 is 35.6 Å². The summed E-state index contributed by atoms with van der Waals surface area (Å²) in [6.45, 7) is 3.47. The highest BCUT2D eigenvalue weighted by Gasteiger charge is 2.32. The molecule has 0 aliphatic carbocycles. The number of carboxylic acids is 1. The van der Waals surface area contributed by atoms with Gasteiger partial charge in [0.05, 0.1) is 12.5 Å². The molecule has 0 bridgehead atoms. The molecule has 15 nitrogen and oxygen atoms in total. The second-order valence-corrected chi connectivity index (χ2v) is 9.29. The van der Waals surface area contributed by atoms with Crippen molar-refractivity contribution in [3.05, 3.63) is 29.8 Å². The molecular weight excluding hydrogens is 512 g/mol. The fraction of sp³-hybridized carbons (Fsp3) is 0.500. The highest BCUT2D eigenvalue weighted by atomic mass is 16.4. The van der Waals surface area contributed by atoms with Gasteiger partial charge in [-0.2, -0.15) is 0 Å². The monoisotopic (exact) mass is 550 g/mol. The van der Waals surface area contributed by atoms with Crippen LogP contribution in [-0.2, 0) is 30.4 Å². The molecule has 1 aromatic carbocycles. The molecule has 0 aliphatic heterocycles. The SMILES string of the molecule is CC(C)C(NC(=O)C(Cc1ccc(O)cc1)NC(=O)C(N)CC(N)=O)C(=O)NC(CCCN=C(N)N)C(=O)O. The zero-order chi connectivity index (χ0) is 29.7. The normalized spacial score (nSPS) is 13.8. The van der Waals surface area contributed by atoms with Gasteiger partial charge in [0.15, 0.2) is 5.96 Å². The van der Waals surface area contributed by atoms with Crippen LogP contribution in [0.5, 0.6) is 5.75 Å². The van der Waals surface area contributed by atoms with Crippen LogP contribution < -0.4 is 38.9 Å². The summed E-state index contributed by atoms with van der Waals surface area (Å²) in [5.74, 6) is -5.00. The van der Waals surface area contributed by atoms with Gasteiger partial charge in [0.25, 0.3) is 0 Å². The number of hydrogen-bond donors (Lipinski definition) is 9. The minimum atomic E-state index is -1.31. The molecule has 0 fully saturated rings. The number of phenols is 1. The molecule has 13 N–H and O–H groups in total.